The van der Waals surface area contributed by atoms with Crippen LogP contribution < -0.4 is 5.32 Å². The van der Waals surface area contributed by atoms with Crippen molar-refractivity contribution < 1.29 is 0 Å². The van der Waals surface area contributed by atoms with Crippen LogP contribution in [0.2, 0.25) is 0 Å². The quantitative estimate of drug-likeness (QED) is 0.606. The average Bonchev–Trinajstić information content (AvgIpc) is 3.25. The Morgan fingerprint density at radius 2 is 2.23 bits per heavy atom. The second-order valence-electron chi connectivity index (χ2n) is 5.15. The van der Waals surface area contributed by atoms with E-state index in [0.29, 0.717) is 0 Å². The molecule has 3 aromatic heterocycles. The summed E-state index contributed by atoms with van der Waals surface area (Å²) in [5.41, 5.74) is 3.44. The van der Waals surface area contributed by atoms with Gasteiger partial charge in [-0.3, -0.25) is 4.68 Å². The van der Waals surface area contributed by atoms with E-state index in [9.17, 15) is 0 Å². The van der Waals surface area contributed by atoms with Gasteiger partial charge < -0.3 is 10.3 Å². The van der Waals surface area contributed by atoms with Gasteiger partial charge in [-0.2, -0.15) is 5.10 Å². The van der Waals surface area contributed by atoms with Crippen molar-refractivity contribution in [2.75, 3.05) is 5.32 Å². The summed E-state index contributed by atoms with van der Waals surface area (Å²) in [6.45, 7) is 0. The minimum absolute atomic E-state index is 0.0102. The van der Waals surface area contributed by atoms with Crippen molar-refractivity contribution in [3.8, 4) is 0 Å². The molecule has 4 aromatic rings. The van der Waals surface area contributed by atoms with Crippen molar-refractivity contribution in [2.45, 2.75) is 6.04 Å². The number of aromatic nitrogens is 4. The summed E-state index contributed by atoms with van der Waals surface area (Å²) >= 11 is 1.60. The molecule has 0 radical (unpaired) electrons. The van der Waals surface area contributed by atoms with Crippen molar-refractivity contribution in [3.05, 3.63) is 65.6 Å². The number of H-pyrrole nitrogens is 1. The van der Waals surface area contributed by atoms with Gasteiger partial charge in [-0.25, -0.2) is 4.98 Å². The lowest BCUT2D eigenvalue weighted by Crippen LogP contribution is -2.11. The Bertz CT molecular complexity index is 890. The molecule has 0 saturated heterocycles. The largest absolute Gasteiger partial charge is 0.361 e. The third kappa shape index (κ3) is 2.27. The number of fused-ring (bicyclic) bond motifs is 1. The molecule has 0 saturated carbocycles. The molecule has 0 amide bonds. The van der Waals surface area contributed by atoms with Crippen molar-refractivity contribution in [1.29, 1.82) is 0 Å². The number of hydrogen-bond acceptors (Lipinski definition) is 4. The number of rotatable bonds is 4. The fourth-order valence-electron chi connectivity index (χ4n) is 2.68. The summed E-state index contributed by atoms with van der Waals surface area (Å²) in [5.74, 6) is 0. The average molecular weight is 309 g/mol. The van der Waals surface area contributed by atoms with Crippen LogP contribution in [0.3, 0.4) is 0 Å². The molecule has 0 aliphatic carbocycles. The third-order valence-corrected chi connectivity index (χ3v) is 4.39. The fourth-order valence-corrected chi connectivity index (χ4v) is 3.24. The van der Waals surface area contributed by atoms with Gasteiger partial charge >= 0.3 is 0 Å². The predicted molar refractivity (Wildman–Crippen MR) is 89.1 cm³/mol. The van der Waals surface area contributed by atoms with Crippen LogP contribution in [-0.4, -0.2) is 19.7 Å². The monoisotopic (exact) mass is 309 g/mol. The lowest BCUT2D eigenvalue weighted by molar-refractivity contribution is 0.766. The molecule has 0 aliphatic heterocycles. The van der Waals surface area contributed by atoms with Crippen LogP contribution in [0.25, 0.3) is 10.9 Å². The Labute approximate surface area is 131 Å². The predicted octanol–water partition coefficient (Wildman–Crippen LogP) is 3.56. The highest BCUT2D eigenvalue weighted by molar-refractivity contribution is 7.13. The maximum atomic E-state index is 4.35. The summed E-state index contributed by atoms with van der Waals surface area (Å²) in [6.07, 6.45) is 7.80. The van der Waals surface area contributed by atoms with Crippen molar-refractivity contribution in [3.63, 3.8) is 0 Å². The lowest BCUT2D eigenvalue weighted by atomic mass is 10.0. The Morgan fingerprint density at radius 3 is 3.00 bits per heavy atom. The number of nitrogens with zero attached hydrogens (tertiary/aromatic N) is 3. The van der Waals surface area contributed by atoms with E-state index in [1.165, 1.54) is 10.9 Å². The van der Waals surface area contributed by atoms with Gasteiger partial charge in [0, 0.05) is 53.0 Å². The number of hydrogen-bond donors (Lipinski definition) is 2. The van der Waals surface area contributed by atoms with Gasteiger partial charge in [0.25, 0.3) is 0 Å². The van der Waals surface area contributed by atoms with E-state index in [2.05, 4.69) is 44.8 Å². The first kappa shape index (κ1) is 13.1. The number of benzene rings is 1. The van der Waals surface area contributed by atoms with Crippen LogP contribution in [0, 0.1) is 0 Å². The van der Waals surface area contributed by atoms with Crippen LogP contribution in [0.5, 0.6) is 0 Å². The normalized spacial score (nSPS) is 12.6. The minimum atomic E-state index is 0.0102. The van der Waals surface area contributed by atoms with Gasteiger partial charge in [0.2, 0.25) is 0 Å². The Hall–Kier alpha value is -2.60. The Balaban J connectivity index is 1.82. The number of para-hydroxylation sites is 1. The van der Waals surface area contributed by atoms with Crippen LogP contribution in [0.1, 0.15) is 17.2 Å². The van der Waals surface area contributed by atoms with Crippen LogP contribution in [-0.2, 0) is 7.05 Å². The number of aromatic amines is 1. The molecular formula is C16H15N5S. The van der Waals surface area contributed by atoms with Gasteiger partial charge in [0.1, 0.15) is 0 Å². The number of aryl methyl sites for hydroxylation is 1. The molecule has 6 heteroatoms. The molecule has 1 aromatic carbocycles. The van der Waals surface area contributed by atoms with E-state index < -0.39 is 0 Å². The topological polar surface area (TPSA) is 58.5 Å². The van der Waals surface area contributed by atoms with Gasteiger partial charge in [0.05, 0.1) is 12.2 Å². The standard InChI is InChI=1S/C16H15N5S/c1-21-10-11(8-19-21)15(20-16-17-6-7-22-16)13-9-18-14-5-3-2-4-12(13)14/h2-10,15,18H,1H3,(H,17,20). The maximum absolute atomic E-state index is 4.35. The number of thiazole rings is 1. The van der Waals surface area contributed by atoms with E-state index in [-0.39, 0.29) is 6.04 Å². The van der Waals surface area contributed by atoms with Gasteiger partial charge in [0.15, 0.2) is 5.13 Å². The summed E-state index contributed by atoms with van der Waals surface area (Å²) in [4.78, 5) is 7.69. The molecule has 0 spiro atoms. The van der Waals surface area contributed by atoms with E-state index in [1.54, 1.807) is 11.3 Å². The molecule has 3 heterocycles. The fraction of sp³-hybridized carbons (Fsp3) is 0.125. The van der Waals surface area contributed by atoms with Gasteiger partial charge in [-0.05, 0) is 6.07 Å². The summed E-state index contributed by atoms with van der Waals surface area (Å²) in [6, 6.07) is 8.33. The summed E-state index contributed by atoms with van der Waals surface area (Å²) in [7, 11) is 1.93. The second kappa shape index (κ2) is 5.31. The zero-order chi connectivity index (χ0) is 14.9. The Morgan fingerprint density at radius 1 is 1.32 bits per heavy atom. The van der Waals surface area contributed by atoms with E-state index >= 15 is 0 Å². The maximum Gasteiger partial charge on any atom is 0.183 e. The molecule has 1 atom stereocenters. The zero-order valence-electron chi connectivity index (χ0n) is 12.0. The highest BCUT2D eigenvalue weighted by atomic mass is 32.1. The highest BCUT2D eigenvalue weighted by Crippen LogP contribution is 2.32. The van der Waals surface area contributed by atoms with Crippen molar-refractivity contribution in [1.82, 2.24) is 19.7 Å². The highest BCUT2D eigenvalue weighted by Gasteiger charge is 2.20. The first-order valence-electron chi connectivity index (χ1n) is 7.02. The summed E-state index contributed by atoms with van der Waals surface area (Å²) in [5, 5.41) is 11.9. The Kier molecular flexibility index (Phi) is 3.16. The molecule has 1 unspecified atom stereocenters. The molecule has 2 N–H and O–H groups in total. The molecule has 4 rings (SSSR count). The molecule has 0 aliphatic rings. The van der Waals surface area contributed by atoms with Crippen molar-refractivity contribution >= 4 is 27.4 Å². The van der Waals surface area contributed by atoms with Gasteiger partial charge in [-0.1, -0.05) is 18.2 Å². The number of anilines is 1. The number of nitrogens with one attached hydrogen (secondary N) is 2. The van der Waals surface area contributed by atoms with E-state index in [4.69, 9.17) is 0 Å². The second-order valence-corrected chi connectivity index (χ2v) is 6.05. The summed E-state index contributed by atoms with van der Waals surface area (Å²) < 4.78 is 1.82. The van der Waals surface area contributed by atoms with Crippen LogP contribution in [0.4, 0.5) is 5.13 Å². The van der Waals surface area contributed by atoms with E-state index in [1.807, 2.05) is 41.8 Å². The SMILES string of the molecule is Cn1cc(C(Nc2nccs2)c2c[nH]c3ccccc23)cn1. The molecule has 0 fully saturated rings. The first-order valence-corrected chi connectivity index (χ1v) is 7.90. The molecular weight excluding hydrogens is 294 g/mol. The first-order chi connectivity index (χ1) is 10.8. The third-order valence-electron chi connectivity index (χ3n) is 3.69. The van der Waals surface area contributed by atoms with E-state index in [0.717, 1.165) is 16.2 Å². The molecule has 0 bridgehead atoms. The smallest absolute Gasteiger partial charge is 0.183 e. The van der Waals surface area contributed by atoms with Crippen molar-refractivity contribution in [2.24, 2.45) is 7.05 Å². The van der Waals surface area contributed by atoms with Crippen LogP contribution in [0.15, 0.2) is 54.4 Å². The molecule has 110 valence electrons. The lowest BCUT2D eigenvalue weighted by Gasteiger charge is -2.16. The molecule has 22 heavy (non-hydrogen) atoms. The van der Waals surface area contributed by atoms with Crippen LogP contribution >= 0.6 is 11.3 Å². The van der Waals surface area contributed by atoms with Gasteiger partial charge in [-0.15, -0.1) is 11.3 Å². The minimum Gasteiger partial charge on any atom is -0.361 e. The zero-order valence-corrected chi connectivity index (χ0v) is 12.8. The molecule has 5 nitrogen and oxygen atoms in total.